The van der Waals surface area contributed by atoms with Crippen molar-refractivity contribution in [2.45, 2.75) is 32.1 Å². The minimum absolute atomic E-state index is 0.172. The normalized spacial score (nSPS) is 17.4. The van der Waals surface area contributed by atoms with Gasteiger partial charge in [0.2, 0.25) is 0 Å². The van der Waals surface area contributed by atoms with Crippen LogP contribution in [-0.4, -0.2) is 6.54 Å². The number of rotatable bonds is 3. The minimum atomic E-state index is -0.172. The number of hydrogen-bond donors (Lipinski definition) is 1. The molecule has 2 aromatic carbocycles. The van der Waals surface area contributed by atoms with Crippen LogP contribution < -0.4 is 5.32 Å². The van der Waals surface area contributed by atoms with E-state index in [0.29, 0.717) is 5.92 Å². The SMILES string of the molecule is CCC1CCNc2ccc(Cc3ccc(F)cc3)cc21. The zero-order valence-electron chi connectivity index (χ0n) is 11.8. The molecule has 1 N–H and O–H groups in total. The molecule has 1 aliphatic rings. The van der Waals surface area contributed by atoms with Crippen LogP contribution in [-0.2, 0) is 6.42 Å². The number of anilines is 1. The van der Waals surface area contributed by atoms with Gasteiger partial charge in [-0.15, -0.1) is 0 Å². The summed E-state index contributed by atoms with van der Waals surface area (Å²) in [6, 6.07) is 13.5. The van der Waals surface area contributed by atoms with Crippen LogP contribution in [0, 0.1) is 5.82 Å². The van der Waals surface area contributed by atoms with Crippen LogP contribution in [0.4, 0.5) is 10.1 Å². The molecule has 20 heavy (non-hydrogen) atoms. The van der Waals surface area contributed by atoms with E-state index < -0.39 is 0 Å². The molecule has 0 aliphatic carbocycles. The highest BCUT2D eigenvalue weighted by atomic mass is 19.1. The maximum atomic E-state index is 12.9. The summed E-state index contributed by atoms with van der Waals surface area (Å²) in [7, 11) is 0. The lowest BCUT2D eigenvalue weighted by atomic mass is 9.87. The molecule has 0 aromatic heterocycles. The second-order valence-electron chi connectivity index (χ2n) is 5.55. The molecule has 1 nitrogen and oxygen atoms in total. The molecule has 2 aromatic rings. The fourth-order valence-corrected chi connectivity index (χ4v) is 3.02. The van der Waals surface area contributed by atoms with Crippen molar-refractivity contribution in [1.82, 2.24) is 0 Å². The molecule has 2 heteroatoms. The van der Waals surface area contributed by atoms with Crippen molar-refractivity contribution < 1.29 is 4.39 Å². The molecular weight excluding hydrogens is 249 g/mol. The molecule has 0 bridgehead atoms. The maximum absolute atomic E-state index is 12.9. The zero-order chi connectivity index (χ0) is 13.9. The highest BCUT2D eigenvalue weighted by molar-refractivity contribution is 5.56. The van der Waals surface area contributed by atoms with Crippen LogP contribution in [0.1, 0.15) is 42.4 Å². The van der Waals surface area contributed by atoms with E-state index in [-0.39, 0.29) is 5.82 Å². The zero-order valence-corrected chi connectivity index (χ0v) is 11.8. The molecule has 0 saturated carbocycles. The predicted octanol–water partition coefficient (Wildman–Crippen LogP) is 4.73. The quantitative estimate of drug-likeness (QED) is 0.849. The van der Waals surface area contributed by atoms with Gasteiger partial charge in [-0.1, -0.05) is 31.2 Å². The summed E-state index contributed by atoms with van der Waals surface area (Å²) in [5.74, 6) is 0.494. The Morgan fingerprint density at radius 1 is 1.10 bits per heavy atom. The Bertz CT molecular complexity index is 589. The number of halogens is 1. The number of fused-ring (bicyclic) bond motifs is 1. The molecule has 1 aliphatic heterocycles. The third kappa shape index (κ3) is 2.69. The van der Waals surface area contributed by atoms with Gasteiger partial charge in [-0.3, -0.25) is 0 Å². The third-order valence-corrected chi connectivity index (χ3v) is 4.18. The molecule has 0 amide bonds. The van der Waals surface area contributed by atoms with Crippen LogP contribution in [0.2, 0.25) is 0 Å². The monoisotopic (exact) mass is 269 g/mol. The van der Waals surface area contributed by atoms with Gasteiger partial charge < -0.3 is 5.32 Å². The largest absolute Gasteiger partial charge is 0.385 e. The molecule has 104 valence electrons. The standard InChI is InChI=1S/C18H20FN/c1-2-15-9-10-20-18-8-5-14(12-17(15)18)11-13-3-6-16(19)7-4-13/h3-8,12,15,20H,2,9-11H2,1H3. The Labute approximate surface area is 119 Å². The van der Waals surface area contributed by atoms with Gasteiger partial charge in [0.05, 0.1) is 0 Å². The highest BCUT2D eigenvalue weighted by Crippen LogP contribution is 2.34. The number of benzene rings is 2. The first kappa shape index (κ1) is 13.2. The topological polar surface area (TPSA) is 12.0 Å². The van der Waals surface area contributed by atoms with Gasteiger partial charge in [0.25, 0.3) is 0 Å². The summed E-state index contributed by atoms with van der Waals surface area (Å²) in [4.78, 5) is 0. The fraction of sp³-hybridized carbons (Fsp3) is 0.333. The van der Waals surface area contributed by atoms with Crippen molar-refractivity contribution in [2.24, 2.45) is 0 Å². The molecule has 3 rings (SSSR count). The van der Waals surface area contributed by atoms with E-state index in [4.69, 9.17) is 0 Å². The summed E-state index contributed by atoms with van der Waals surface area (Å²) in [6.45, 7) is 3.33. The molecule has 0 spiro atoms. The average Bonchev–Trinajstić information content (AvgIpc) is 2.49. The highest BCUT2D eigenvalue weighted by Gasteiger charge is 2.18. The van der Waals surface area contributed by atoms with Crippen LogP contribution >= 0.6 is 0 Å². The van der Waals surface area contributed by atoms with Crippen LogP contribution in [0.3, 0.4) is 0 Å². The van der Waals surface area contributed by atoms with Crippen molar-refractivity contribution in [3.63, 3.8) is 0 Å². The van der Waals surface area contributed by atoms with Gasteiger partial charge in [-0.05, 0) is 60.1 Å². The Kier molecular flexibility index (Phi) is 3.72. The van der Waals surface area contributed by atoms with Crippen molar-refractivity contribution in [1.29, 1.82) is 0 Å². The fourth-order valence-electron chi connectivity index (χ4n) is 3.02. The molecule has 1 heterocycles. The summed E-state index contributed by atoms with van der Waals surface area (Å²) in [6.07, 6.45) is 3.27. The van der Waals surface area contributed by atoms with Gasteiger partial charge in [-0.25, -0.2) is 4.39 Å². The van der Waals surface area contributed by atoms with Crippen molar-refractivity contribution in [2.75, 3.05) is 11.9 Å². The smallest absolute Gasteiger partial charge is 0.123 e. The van der Waals surface area contributed by atoms with Crippen LogP contribution in [0.25, 0.3) is 0 Å². The third-order valence-electron chi connectivity index (χ3n) is 4.18. The molecule has 0 saturated heterocycles. The van der Waals surface area contributed by atoms with E-state index >= 15 is 0 Å². The van der Waals surface area contributed by atoms with Crippen LogP contribution in [0.15, 0.2) is 42.5 Å². The Balaban J connectivity index is 1.86. The summed E-state index contributed by atoms with van der Waals surface area (Å²) >= 11 is 0. The lowest BCUT2D eigenvalue weighted by Gasteiger charge is -2.26. The first-order valence-corrected chi connectivity index (χ1v) is 7.37. The lowest BCUT2D eigenvalue weighted by molar-refractivity contribution is 0.608. The molecule has 0 radical (unpaired) electrons. The summed E-state index contributed by atoms with van der Waals surface area (Å²) in [5, 5.41) is 3.48. The van der Waals surface area contributed by atoms with E-state index in [2.05, 4.69) is 30.4 Å². The molecule has 0 fully saturated rings. The molecular formula is C18H20FN. The van der Waals surface area contributed by atoms with Crippen molar-refractivity contribution in [3.05, 3.63) is 65.0 Å². The minimum Gasteiger partial charge on any atom is -0.385 e. The maximum Gasteiger partial charge on any atom is 0.123 e. The molecule has 1 atom stereocenters. The van der Waals surface area contributed by atoms with E-state index in [1.54, 1.807) is 0 Å². The summed E-state index contributed by atoms with van der Waals surface area (Å²) in [5.41, 5.74) is 5.19. The van der Waals surface area contributed by atoms with E-state index in [0.717, 1.165) is 18.5 Å². The second-order valence-corrected chi connectivity index (χ2v) is 5.55. The van der Waals surface area contributed by atoms with Gasteiger partial charge in [0, 0.05) is 12.2 Å². The van der Waals surface area contributed by atoms with Gasteiger partial charge in [-0.2, -0.15) is 0 Å². The lowest BCUT2D eigenvalue weighted by Crippen LogP contribution is -2.16. The number of hydrogen-bond acceptors (Lipinski definition) is 1. The van der Waals surface area contributed by atoms with Gasteiger partial charge in [0.15, 0.2) is 0 Å². The number of nitrogens with one attached hydrogen (secondary N) is 1. The van der Waals surface area contributed by atoms with Gasteiger partial charge in [0.1, 0.15) is 5.82 Å². The van der Waals surface area contributed by atoms with E-state index in [9.17, 15) is 4.39 Å². The first-order chi connectivity index (χ1) is 9.76. The first-order valence-electron chi connectivity index (χ1n) is 7.37. The Morgan fingerprint density at radius 2 is 1.85 bits per heavy atom. The Hall–Kier alpha value is -1.83. The predicted molar refractivity (Wildman–Crippen MR) is 81.8 cm³/mol. The van der Waals surface area contributed by atoms with E-state index in [1.165, 1.54) is 41.8 Å². The second kappa shape index (κ2) is 5.66. The van der Waals surface area contributed by atoms with Crippen molar-refractivity contribution in [3.8, 4) is 0 Å². The summed E-state index contributed by atoms with van der Waals surface area (Å²) < 4.78 is 12.9. The van der Waals surface area contributed by atoms with Crippen LogP contribution in [0.5, 0.6) is 0 Å². The van der Waals surface area contributed by atoms with E-state index in [1.807, 2.05) is 12.1 Å². The van der Waals surface area contributed by atoms with Gasteiger partial charge >= 0.3 is 0 Å². The average molecular weight is 269 g/mol. The van der Waals surface area contributed by atoms with Crippen molar-refractivity contribution >= 4 is 5.69 Å². The molecule has 1 unspecified atom stereocenters. The Morgan fingerprint density at radius 3 is 2.60 bits per heavy atom.